The van der Waals surface area contributed by atoms with Crippen LogP contribution in [0.4, 0.5) is 5.69 Å². The number of amides is 1. The number of hydrogen-bond acceptors (Lipinski definition) is 5. The van der Waals surface area contributed by atoms with Gasteiger partial charge < -0.3 is 16.8 Å². The Morgan fingerprint density at radius 1 is 1.53 bits per heavy atom. The Morgan fingerprint density at radius 2 is 2.35 bits per heavy atom. The van der Waals surface area contributed by atoms with Gasteiger partial charge in [-0.2, -0.15) is 0 Å². The number of nitrogen functional groups attached to an aromatic ring is 1. The Balaban J connectivity index is 2.23. The van der Waals surface area contributed by atoms with E-state index < -0.39 is 0 Å². The number of carbonyl (C=O) groups excluding carboxylic acids is 1. The maximum Gasteiger partial charge on any atom is 0.263 e. The van der Waals surface area contributed by atoms with Crippen molar-refractivity contribution in [2.75, 3.05) is 18.8 Å². The second-order valence-corrected chi connectivity index (χ2v) is 4.67. The standard InChI is InChI=1S/C11H14N4OS/c12-3-1-4-15-11(16)10-9(13)7-2-5-14-6-8(7)17-10/h2,5-6H,1,3-4,12-13H2,(H,15,16). The molecule has 2 aromatic heterocycles. The maximum atomic E-state index is 11.9. The molecule has 1 amide bonds. The topological polar surface area (TPSA) is 94.0 Å². The lowest BCUT2D eigenvalue weighted by Gasteiger charge is -2.02. The van der Waals surface area contributed by atoms with Gasteiger partial charge in [0.1, 0.15) is 4.88 Å². The minimum Gasteiger partial charge on any atom is -0.397 e. The van der Waals surface area contributed by atoms with E-state index in [9.17, 15) is 4.79 Å². The summed E-state index contributed by atoms with van der Waals surface area (Å²) >= 11 is 1.36. The fourth-order valence-corrected chi connectivity index (χ4v) is 2.53. The zero-order chi connectivity index (χ0) is 12.3. The second kappa shape index (κ2) is 5.11. The van der Waals surface area contributed by atoms with Gasteiger partial charge in [-0.25, -0.2) is 0 Å². The fraction of sp³-hybridized carbons (Fsp3) is 0.273. The molecule has 0 radical (unpaired) electrons. The van der Waals surface area contributed by atoms with E-state index >= 15 is 0 Å². The van der Waals surface area contributed by atoms with Crippen molar-refractivity contribution in [2.24, 2.45) is 5.73 Å². The lowest BCUT2D eigenvalue weighted by molar-refractivity contribution is 0.0958. The number of carbonyl (C=O) groups is 1. The Hall–Kier alpha value is -1.66. The average Bonchev–Trinajstić information content (AvgIpc) is 2.68. The van der Waals surface area contributed by atoms with Gasteiger partial charge in [0.2, 0.25) is 0 Å². The Labute approximate surface area is 103 Å². The molecule has 2 rings (SSSR count). The number of anilines is 1. The molecule has 0 fully saturated rings. The van der Waals surface area contributed by atoms with Crippen LogP contribution in [0.1, 0.15) is 16.1 Å². The number of nitrogens with two attached hydrogens (primary N) is 2. The minimum absolute atomic E-state index is 0.142. The molecule has 0 aromatic carbocycles. The first-order chi connectivity index (χ1) is 8.24. The molecular weight excluding hydrogens is 236 g/mol. The number of thiophene rings is 1. The van der Waals surface area contributed by atoms with Crippen molar-refractivity contribution in [3.63, 3.8) is 0 Å². The van der Waals surface area contributed by atoms with Gasteiger partial charge in [-0.05, 0) is 19.0 Å². The first-order valence-electron chi connectivity index (χ1n) is 5.34. The molecule has 5 nitrogen and oxygen atoms in total. The molecule has 2 heterocycles. The van der Waals surface area contributed by atoms with E-state index in [1.165, 1.54) is 11.3 Å². The van der Waals surface area contributed by atoms with Crippen LogP contribution in [0.5, 0.6) is 0 Å². The van der Waals surface area contributed by atoms with Gasteiger partial charge in [-0.3, -0.25) is 9.78 Å². The van der Waals surface area contributed by atoms with Crippen molar-refractivity contribution in [1.82, 2.24) is 10.3 Å². The SMILES string of the molecule is NCCCNC(=O)c1sc2cnccc2c1N. The number of hydrogen-bond donors (Lipinski definition) is 3. The van der Waals surface area contributed by atoms with E-state index in [2.05, 4.69) is 10.3 Å². The molecule has 6 heteroatoms. The maximum absolute atomic E-state index is 11.9. The second-order valence-electron chi connectivity index (χ2n) is 3.61. The highest BCUT2D eigenvalue weighted by Crippen LogP contribution is 2.32. The molecule has 0 atom stereocenters. The predicted molar refractivity (Wildman–Crippen MR) is 70.0 cm³/mol. The van der Waals surface area contributed by atoms with Crippen LogP contribution < -0.4 is 16.8 Å². The zero-order valence-electron chi connectivity index (χ0n) is 9.27. The van der Waals surface area contributed by atoms with Gasteiger partial charge in [0.25, 0.3) is 5.91 Å². The van der Waals surface area contributed by atoms with Crippen LogP contribution in [0.15, 0.2) is 18.5 Å². The summed E-state index contributed by atoms with van der Waals surface area (Å²) in [5, 5.41) is 3.68. The molecule has 0 saturated heterocycles. The third-order valence-corrected chi connectivity index (χ3v) is 3.56. The Bertz CT molecular complexity index is 537. The summed E-state index contributed by atoms with van der Waals surface area (Å²) in [6.07, 6.45) is 4.15. The fourth-order valence-electron chi connectivity index (χ4n) is 1.52. The summed E-state index contributed by atoms with van der Waals surface area (Å²) in [6, 6.07) is 1.82. The zero-order valence-corrected chi connectivity index (χ0v) is 10.1. The summed E-state index contributed by atoms with van der Waals surface area (Å²) in [7, 11) is 0. The highest BCUT2D eigenvalue weighted by Gasteiger charge is 2.15. The lowest BCUT2D eigenvalue weighted by atomic mass is 10.2. The third-order valence-electron chi connectivity index (χ3n) is 2.40. The minimum atomic E-state index is -0.142. The van der Waals surface area contributed by atoms with Crippen molar-refractivity contribution in [2.45, 2.75) is 6.42 Å². The number of fused-ring (bicyclic) bond motifs is 1. The van der Waals surface area contributed by atoms with Crippen LogP contribution in [-0.2, 0) is 0 Å². The number of aromatic nitrogens is 1. The van der Waals surface area contributed by atoms with Crippen LogP contribution in [-0.4, -0.2) is 24.0 Å². The number of pyridine rings is 1. The molecule has 0 spiro atoms. The molecule has 0 saturated carbocycles. The summed E-state index contributed by atoms with van der Waals surface area (Å²) in [5.74, 6) is -0.142. The van der Waals surface area contributed by atoms with E-state index in [-0.39, 0.29) is 5.91 Å². The van der Waals surface area contributed by atoms with Crippen LogP contribution in [0.3, 0.4) is 0 Å². The van der Waals surface area contributed by atoms with Crippen LogP contribution in [0.25, 0.3) is 10.1 Å². The molecule has 0 aliphatic rings. The highest BCUT2D eigenvalue weighted by atomic mass is 32.1. The number of nitrogens with one attached hydrogen (secondary N) is 1. The van der Waals surface area contributed by atoms with Crippen molar-refractivity contribution in [1.29, 1.82) is 0 Å². The highest BCUT2D eigenvalue weighted by molar-refractivity contribution is 7.21. The van der Waals surface area contributed by atoms with Crippen molar-refractivity contribution < 1.29 is 4.79 Å². The van der Waals surface area contributed by atoms with Gasteiger partial charge in [-0.15, -0.1) is 11.3 Å². The first-order valence-corrected chi connectivity index (χ1v) is 6.16. The van der Waals surface area contributed by atoms with E-state index in [0.29, 0.717) is 23.7 Å². The van der Waals surface area contributed by atoms with E-state index in [0.717, 1.165) is 16.5 Å². The smallest absolute Gasteiger partial charge is 0.263 e. The van der Waals surface area contributed by atoms with Crippen molar-refractivity contribution in [3.05, 3.63) is 23.3 Å². The van der Waals surface area contributed by atoms with Crippen molar-refractivity contribution in [3.8, 4) is 0 Å². The molecule has 90 valence electrons. The van der Waals surface area contributed by atoms with E-state index in [1.807, 2.05) is 6.07 Å². The van der Waals surface area contributed by atoms with Crippen LogP contribution >= 0.6 is 11.3 Å². The summed E-state index contributed by atoms with van der Waals surface area (Å²) < 4.78 is 0.925. The molecule has 0 aliphatic carbocycles. The Morgan fingerprint density at radius 3 is 3.06 bits per heavy atom. The van der Waals surface area contributed by atoms with Gasteiger partial charge in [0.15, 0.2) is 0 Å². The molecule has 17 heavy (non-hydrogen) atoms. The van der Waals surface area contributed by atoms with Gasteiger partial charge >= 0.3 is 0 Å². The van der Waals surface area contributed by atoms with Crippen LogP contribution in [0, 0.1) is 0 Å². The quantitative estimate of drug-likeness (QED) is 0.704. The monoisotopic (exact) mass is 250 g/mol. The van der Waals surface area contributed by atoms with Gasteiger partial charge in [0, 0.05) is 24.3 Å². The third kappa shape index (κ3) is 2.37. The normalized spacial score (nSPS) is 10.6. The molecule has 0 bridgehead atoms. The lowest BCUT2D eigenvalue weighted by Crippen LogP contribution is -2.25. The van der Waals surface area contributed by atoms with Crippen molar-refractivity contribution >= 4 is 33.0 Å². The Kier molecular flexibility index (Phi) is 3.55. The van der Waals surface area contributed by atoms with Gasteiger partial charge in [-0.1, -0.05) is 0 Å². The van der Waals surface area contributed by atoms with Gasteiger partial charge in [0.05, 0.1) is 10.4 Å². The number of rotatable bonds is 4. The summed E-state index contributed by atoms with van der Waals surface area (Å²) in [6.45, 7) is 1.13. The van der Waals surface area contributed by atoms with E-state index in [1.54, 1.807) is 12.4 Å². The predicted octanol–water partition coefficient (Wildman–Crippen LogP) is 0.957. The summed E-state index contributed by atoms with van der Waals surface area (Å²) in [4.78, 5) is 16.4. The molecular formula is C11H14N4OS. The molecule has 2 aromatic rings. The first kappa shape index (κ1) is 11.8. The molecule has 0 unspecified atom stereocenters. The number of nitrogens with zero attached hydrogens (tertiary/aromatic N) is 1. The largest absolute Gasteiger partial charge is 0.397 e. The average molecular weight is 250 g/mol. The molecule has 5 N–H and O–H groups in total. The molecule has 0 aliphatic heterocycles. The van der Waals surface area contributed by atoms with Crippen LogP contribution in [0.2, 0.25) is 0 Å². The van der Waals surface area contributed by atoms with E-state index in [4.69, 9.17) is 11.5 Å². The summed E-state index contributed by atoms with van der Waals surface area (Å²) in [5.41, 5.74) is 11.8.